The Morgan fingerprint density at radius 1 is 1.11 bits per heavy atom. The fraction of sp³-hybridized carbons (Fsp3) is 0.158. The van der Waals surface area contributed by atoms with E-state index in [9.17, 15) is 13.6 Å². The molecule has 2 aromatic carbocycles. The summed E-state index contributed by atoms with van der Waals surface area (Å²) in [5, 5.41) is 6.87. The quantitative estimate of drug-likeness (QED) is 0.686. The Morgan fingerprint density at radius 2 is 1.89 bits per heavy atom. The normalized spacial score (nSPS) is 11.9. The minimum Gasteiger partial charge on any atom is -0.493 e. The Labute approximate surface area is 154 Å². The lowest BCUT2D eigenvalue weighted by Crippen LogP contribution is -2.27. The van der Waals surface area contributed by atoms with Gasteiger partial charge in [-0.1, -0.05) is 30.3 Å². The van der Waals surface area contributed by atoms with Crippen molar-refractivity contribution >= 4 is 11.6 Å². The van der Waals surface area contributed by atoms with Crippen LogP contribution in [0.3, 0.4) is 0 Å². The average molecular weight is 373 g/mol. The summed E-state index contributed by atoms with van der Waals surface area (Å²) in [6.45, 7) is -3.01. The molecule has 0 radical (unpaired) electrons. The van der Waals surface area contributed by atoms with Gasteiger partial charge < -0.3 is 14.8 Å². The molecule has 0 saturated carbocycles. The van der Waals surface area contributed by atoms with Crippen LogP contribution in [0, 0.1) is 0 Å². The summed E-state index contributed by atoms with van der Waals surface area (Å²) in [6, 6.07) is 14.4. The Hall–Kier alpha value is -3.42. The highest BCUT2D eigenvalue weighted by Crippen LogP contribution is 2.32. The second-order valence-electron chi connectivity index (χ2n) is 5.53. The number of alkyl halides is 2. The van der Waals surface area contributed by atoms with E-state index in [0.717, 1.165) is 5.56 Å². The number of aromatic nitrogens is 2. The Balaban J connectivity index is 1.88. The van der Waals surface area contributed by atoms with Gasteiger partial charge in [-0.05, 0) is 23.8 Å². The Kier molecular flexibility index (Phi) is 5.65. The van der Waals surface area contributed by atoms with Gasteiger partial charge in [0.25, 0.3) is 5.91 Å². The number of benzene rings is 2. The first-order chi connectivity index (χ1) is 13.1. The van der Waals surface area contributed by atoms with Gasteiger partial charge in [-0.2, -0.15) is 13.9 Å². The first kappa shape index (κ1) is 18.4. The third-order valence-electron chi connectivity index (χ3n) is 3.80. The summed E-state index contributed by atoms with van der Waals surface area (Å²) in [5.74, 6) is -0.404. The van der Waals surface area contributed by atoms with Gasteiger partial charge in [0.2, 0.25) is 0 Å². The van der Waals surface area contributed by atoms with Crippen LogP contribution in [0.15, 0.2) is 67.0 Å². The molecule has 3 aromatic rings. The van der Waals surface area contributed by atoms with Crippen molar-refractivity contribution in [3.63, 3.8) is 0 Å². The van der Waals surface area contributed by atoms with E-state index in [4.69, 9.17) is 4.74 Å². The van der Waals surface area contributed by atoms with E-state index in [2.05, 4.69) is 15.2 Å². The number of halogens is 2. The minimum absolute atomic E-state index is 0.139. The Bertz CT molecular complexity index is 886. The molecule has 0 aliphatic rings. The zero-order valence-electron chi connectivity index (χ0n) is 14.4. The minimum atomic E-state index is -3.01. The van der Waals surface area contributed by atoms with Crippen molar-refractivity contribution in [2.75, 3.05) is 12.4 Å². The molecule has 6 nitrogen and oxygen atoms in total. The third kappa shape index (κ3) is 4.41. The molecule has 0 bridgehead atoms. The van der Waals surface area contributed by atoms with Crippen LogP contribution in [0.2, 0.25) is 0 Å². The number of nitrogens with one attached hydrogen (secondary N) is 1. The lowest BCUT2D eigenvalue weighted by atomic mass is 10.1. The number of hydrogen-bond donors (Lipinski definition) is 1. The van der Waals surface area contributed by atoms with Crippen LogP contribution in [0.5, 0.6) is 11.5 Å². The third-order valence-corrected chi connectivity index (χ3v) is 3.80. The van der Waals surface area contributed by atoms with E-state index >= 15 is 0 Å². The molecule has 3 rings (SSSR count). The van der Waals surface area contributed by atoms with Crippen molar-refractivity contribution in [2.45, 2.75) is 12.7 Å². The number of ether oxygens (including phenoxy) is 2. The van der Waals surface area contributed by atoms with Gasteiger partial charge in [0.1, 0.15) is 0 Å². The molecule has 8 heteroatoms. The fourth-order valence-corrected chi connectivity index (χ4v) is 2.65. The average Bonchev–Trinajstić information content (AvgIpc) is 3.17. The van der Waals surface area contributed by atoms with E-state index in [1.807, 2.05) is 30.3 Å². The van der Waals surface area contributed by atoms with Gasteiger partial charge in [-0.25, -0.2) is 0 Å². The van der Waals surface area contributed by atoms with Crippen molar-refractivity contribution < 1.29 is 23.0 Å². The first-order valence-corrected chi connectivity index (χ1v) is 8.06. The maximum atomic E-state index is 12.9. The van der Waals surface area contributed by atoms with Crippen molar-refractivity contribution in [3.8, 4) is 11.5 Å². The zero-order chi connectivity index (χ0) is 19.2. The van der Waals surface area contributed by atoms with E-state index in [-0.39, 0.29) is 17.4 Å². The predicted molar refractivity (Wildman–Crippen MR) is 95.1 cm³/mol. The molecule has 0 fully saturated rings. The van der Waals surface area contributed by atoms with Crippen LogP contribution in [-0.2, 0) is 4.79 Å². The maximum Gasteiger partial charge on any atom is 0.387 e. The number of nitrogens with zero attached hydrogens (tertiary/aromatic N) is 2. The summed E-state index contributed by atoms with van der Waals surface area (Å²) in [7, 11) is 1.34. The van der Waals surface area contributed by atoms with Crippen molar-refractivity contribution in [2.24, 2.45) is 0 Å². The number of carbonyl (C=O) groups is 1. The van der Waals surface area contributed by atoms with Gasteiger partial charge in [0, 0.05) is 24.1 Å². The summed E-state index contributed by atoms with van der Waals surface area (Å²) < 4.78 is 36.1. The number of hydrogen-bond acceptors (Lipinski definition) is 4. The van der Waals surface area contributed by atoms with Gasteiger partial charge in [0.05, 0.1) is 7.11 Å². The van der Waals surface area contributed by atoms with Gasteiger partial charge in [-0.3, -0.25) is 9.48 Å². The van der Waals surface area contributed by atoms with E-state index in [1.165, 1.54) is 23.9 Å². The molecule has 1 heterocycles. The van der Waals surface area contributed by atoms with Crippen molar-refractivity contribution in [3.05, 3.63) is 72.6 Å². The summed E-state index contributed by atoms with van der Waals surface area (Å²) in [6.07, 6.45) is 3.25. The predicted octanol–water partition coefficient (Wildman–Crippen LogP) is 3.72. The van der Waals surface area contributed by atoms with Crippen molar-refractivity contribution in [1.29, 1.82) is 0 Å². The number of rotatable bonds is 7. The zero-order valence-corrected chi connectivity index (χ0v) is 14.4. The van der Waals surface area contributed by atoms with Crippen LogP contribution in [-0.4, -0.2) is 29.4 Å². The van der Waals surface area contributed by atoms with Crippen LogP contribution >= 0.6 is 0 Å². The lowest BCUT2D eigenvalue weighted by molar-refractivity contribution is -0.118. The van der Waals surface area contributed by atoms with Crippen molar-refractivity contribution in [1.82, 2.24) is 9.78 Å². The van der Waals surface area contributed by atoms with Gasteiger partial charge in [0.15, 0.2) is 17.5 Å². The molecular weight excluding hydrogens is 356 g/mol. The van der Waals surface area contributed by atoms with Crippen LogP contribution in [0.4, 0.5) is 14.5 Å². The lowest BCUT2D eigenvalue weighted by Gasteiger charge is -2.18. The van der Waals surface area contributed by atoms with E-state index < -0.39 is 12.7 Å². The molecule has 0 spiro atoms. The first-order valence-electron chi connectivity index (χ1n) is 8.06. The summed E-state index contributed by atoms with van der Waals surface area (Å²) >= 11 is 0. The highest BCUT2D eigenvalue weighted by Gasteiger charge is 2.23. The van der Waals surface area contributed by atoms with E-state index in [0.29, 0.717) is 5.69 Å². The van der Waals surface area contributed by atoms with Gasteiger partial charge in [-0.15, -0.1) is 0 Å². The molecule has 1 atom stereocenters. The highest BCUT2D eigenvalue weighted by molar-refractivity contribution is 5.96. The molecule has 1 unspecified atom stereocenters. The Morgan fingerprint density at radius 3 is 2.52 bits per heavy atom. The van der Waals surface area contributed by atoms with Crippen LogP contribution < -0.4 is 14.8 Å². The van der Waals surface area contributed by atoms with E-state index in [1.54, 1.807) is 24.5 Å². The second kappa shape index (κ2) is 8.31. The number of methoxy groups -OCH3 is 1. The van der Waals surface area contributed by atoms with Crippen LogP contribution in [0.1, 0.15) is 11.6 Å². The topological polar surface area (TPSA) is 65.4 Å². The molecule has 1 aromatic heterocycles. The molecular formula is C19H17F2N3O3. The molecule has 1 N–H and O–H groups in total. The second-order valence-corrected chi connectivity index (χ2v) is 5.53. The number of carbonyl (C=O) groups excluding carboxylic acids is 1. The fourth-order valence-electron chi connectivity index (χ4n) is 2.65. The molecule has 0 saturated heterocycles. The molecule has 27 heavy (non-hydrogen) atoms. The molecule has 140 valence electrons. The highest BCUT2D eigenvalue weighted by atomic mass is 19.3. The maximum absolute atomic E-state index is 12.9. The molecule has 0 aliphatic heterocycles. The summed E-state index contributed by atoms with van der Waals surface area (Å²) in [5.41, 5.74) is 1.03. The SMILES string of the molecule is COc1ccc(NC(=O)C(c2ccccc2)n2cccn2)cc1OC(F)F. The smallest absolute Gasteiger partial charge is 0.387 e. The summed E-state index contributed by atoms with van der Waals surface area (Å²) in [4.78, 5) is 12.9. The largest absolute Gasteiger partial charge is 0.493 e. The number of anilines is 1. The van der Waals surface area contributed by atoms with Crippen LogP contribution in [0.25, 0.3) is 0 Å². The standard InChI is InChI=1S/C19H17F2N3O3/c1-26-15-9-8-14(12-16(15)27-19(20)21)23-18(25)17(24-11-5-10-22-24)13-6-3-2-4-7-13/h2-12,17,19H,1H3,(H,23,25). The number of amides is 1. The molecule has 0 aliphatic carbocycles. The van der Waals surface area contributed by atoms with Gasteiger partial charge >= 0.3 is 6.61 Å². The molecule has 1 amide bonds. The monoisotopic (exact) mass is 373 g/mol.